The molecule has 168 valence electrons. The van der Waals surface area contributed by atoms with Crippen molar-refractivity contribution in [3.8, 4) is 0 Å². The van der Waals surface area contributed by atoms with Crippen molar-refractivity contribution in [3.63, 3.8) is 0 Å². The minimum atomic E-state index is -3.54. The lowest BCUT2D eigenvalue weighted by molar-refractivity contribution is 0.0117. The molecule has 0 spiro atoms. The van der Waals surface area contributed by atoms with E-state index in [1.54, 1.807) is 24.5 Å². The Morgan fingerprint density at radius 2 is 1.84 bits per heavy atom. The minimum Gasteiger partial charge on any atom is -0.468 e. The topological polar surface area (TPSA) is 92.1 Å². The molecular weight excluding hydrogens is 418 g/mol. The van der Waals surface area contributed by atoms with Crippen molar-refractivity contribution < 1.29 is 22.4 Å². The van der Waals surface area contributed by atoms with E-state index >= 15 is 0 Å². The van der Waals surface area contributed by atoms with Crippen LogP contribution in [0.5, 0.6) is 0 Å². The van der Waals surface area contributed by atoms with E-state index in [2.05, 4.69) is 10.2 Å². The fourth-order valence-corrected chi connectivity index (χ4v) is 5.68. The van der Waals surface area contributed by atoms with Crippen LogP contribution in [-0.4, -0.2) is 75.9 Å². The number of carbonyl (C=O) groups is 1. The second kappa shape index (κ2) is 10.1. The molecule has 2 saturated heterocycles. The summed E-state index contributed by atoms with van der Waals surface area (Å²) in [6.45, 7) is 4.70. The minimum absolute atomic E-state index is 0.00794. The van der Waals surface area contributed by atoms with Gasteiger partial charge < -0.3 is 14.5 Å². The smallest absolute Gasteiger partial charge is 0.243 e. The first-order chi connectivity index (χ1) is 15.1. The van der Waals surface area contributed by atoms with Gasteiger partial charge in [-0.15, -0.1) is 0 Å². The van der Waals surface area contributed by atoms with E-state index in [4.69, 9.17) is 9.15 Å². The maximum absolute atomic E-state index is 12.8. The van der Waals surface area contributed by atoms with Crippen molar-refractivity contribution >= 4 is 15.8 Å². The standard InChI is InChI=1S/C22H29N3O5S/c26-21(18-5-3-6-19(15-18)31(27,28)25-8-1-2-9-25)17-23-16-20(22-7-4-12-30-22)24-10-13-29-14-11-24/h3-7,12,15,20,23H,1-2,8-11,13-14,16-17H2. The van der Waals surface area contributed by atoms with Gasteiger partial charge in [-0.2, -0.15) is 4.31 Å². The van der Waals surface area contributed by atoms with Gasteiger partial charge in [-0.3, -0.25) is 9.69 Å². The lowest BCUT2D eigenvalue weighted by Crippen LogP contribution is -2.43. The molecule has 2 aliphatic heterocycles. The van der Waals surface area contributed by atoms with Crippen LogP contribution in [0.3, 0.4) is 0 Å². The van der Waals surface area contributed by atoms with Crippen molar-refractivity contribution in [3.05, 3.63) is 54.0 Å². The highest BCUT2D eigenvalue weighted by atomic mass is 32.2. The highest BCUT2D eigenvalue weighted by Crippen LogP contribution is 2.23. The summed E-state index contributed by atoms with van der Waals surface area (Å²) in [5, 5.41) is 3.23. The number of nitrogens with one attached hydrogen (secondary N) is 1. The average Bonchev–Trinajstić information content (AvgIpc) is 3.52. The molecule has 1 N–H and O–H groups in total. The third kappa shape index (κ3) is 5.24. The molecule has 0 saturated carbocycles. The van der Waals surface area contributed by atoms with Crippen molar-refractivity contribution in [2.24, 2.45) is 0 Å². The number of furan rings is 1. The molecule has 2 aliphatic rings. The molecule has 1 atom stereocenters. The number of benzene rings is 1. The highest BCUT2D eigenvalue weighted by molar-refractivity contribution is 7.89. The van der Waals surface area contributed by atoms with Crippen LogP contribution in [0.2, 0.25) is 0 Å². The SMILES string of the molecule is O=C(CNCC(c1ccco1)N1CCOCC1)c1cccc(S(=O)(=O)N2CCCC2)c1. The number of hydrogen-bond acceptors (Lipinski definition) is 7. The van der Waals surface area contributed by atoms with Crippen LogP contribution in [0.1, 0.15) is 35.0 Å². The number of sulfonamides is 1. The summed E-state index contributed by atoms with van der Waals surface area (Å²) in [5.41, 5.74) is 0.397. The summed E-state index contributed by atoms with van der Waals surface area (Å²) >= 11 is 0. The van der Waals surface area contributed by atoms with Crippen molar-refractivity contribution in [2.75, 3.05) is 52.5 Å². The molecule has 1 aromatic heterocycles. The predicted octanol–water partition coefficient (Wildman–Crippen LogP) is 1.91. The first-order valence-corrected chi connectivity index (χ1v) is 12.2. The number of Topliss-reactive ketones (excluding diaryl/α,β-unsaturated/α-hetero) is 1. The van der Waals surface area contributed by atoms with E-state index < -0.39 is 10.0 Å². The largest absolute Gasteiger partial charge is 0.468 e. The van der Waals surface area contributed by atoms with Crippen LogP contribution in [0, 0.1) is 0 Å². The second-order valence-electron chi connectivity index (χ2n) is 7.87. The number of ether oxygens (including phenoxy) is 1. The lowest BCUT2D eigenvalue weighted by Gasteiger charge is -2.33. The van der Waals surface area contributed by atoms with Crippen LogP contribution in [0.15, 0.2) is 52.0 Å². The van der Waals surface area contributed by atoms with Gasteiger partial charge in [-0.05, 0) is 37.1 Å². The van der Waals surface area contributed by atoms with Gasteiger partial charge in [0.15, 0.2) is 5.78 Å². The lowest BCUT2D eigenvalue weighted by atomic mass is 10.1. The van der Waals surface area contributed by atoms with E-state index in [9.17, 15) is 13.2 Å². The van der Waals surface area contributed by atoms with Gasteiger partial charge in [0, 0.05) is 38.3 Å². The number of nitrogens with zero attached hydrogens (tertiary/aromatic N) is 2. The molecule has 3 heterocycles. The fraction of sp³-hybridized carbons (Fsp3) is 0.500. The maximum atomic E-state index is 12.8. The van der Waals surface area contributed by atoms with Crippen molar-refractivity contribution in [1.29, 1.82) is 0 Å². The van der Waals surface area contributed by atoms with Gasteiger partial charge >= 0.3 is 0 Å². The Balaban J connectivity index is 1.39. The van der Waals surface area contributed by atoms with Crippen LogP contribution in [-0.2, 0) is 14.8 Å². The second-order valence-corrected chi connectivity index (χ2v) is 9.81. The number of carbonyl (C=O) groups excluding carboxylic acids is 1. The Bertz CT molecular complexity index is 965. The molecular formula is C22H29N3O5S. The third-order valence-electron chi connectivity index (χ3n) is 5.84. The first kappa shape index (κ1) is 22.2. The number of ketones is 1. The molecule has 2 aromatic rings. The van der Waals surface area contributed by atoms with E-state index in [1.807, 2.05) is 12.1 Å². The molecule has 1 aromatic carbocycles. The Morgan fingerprint density at radius 1 is 1.06 bits per heavy atom. The normalized spacial score (nSPS) is 19.5. The van der Waals surface area contributed by atoms with Gasteiger partial charge in [-0.25, -0.2) is 8.42 Å². The summed E-state index contributed by atoms with van der Waals surface area (Å²) < 4.78 is 38.1. The zero-order chi connectivity index (χ0) is 21.7. The van der Waals surface area contributed by atoms with E-state index in [1.165, 1.54) is 10.4 Å². The zero-order valence-electron chi connectivity index (χ0n) is 17.5. The molecule has 1 unspecified atom stereocenters. The van der Waals surface area contributed by atoms with Gasteiger partial charge in [-0.1, -0.05) is 12.1 Å². The Labute approximate surface area is 183 Å². The Hall–Kier alpha value is -2.04. The zero-order valence-corrected chi connectivity index (χ0v) is 18.4. The number of rotatable bonds is 9. The molecule has 0 radical (unpaired) electrons. The highest BCUT2D eigenvalue weighted by Gasteiger charge is 2.28. The van der Waals surface area contributed by atoms with Crippen molar-refractivity contribution in [1.82, 2.24) is 14.5 Å². The van der Waals surface area contributed by atoms with Crippen LogP contribution >= 0.6 is 0 Å². The van der Waals surface area contributed by atoms with Gasteiger partial charge in [0.05, 0.1) is 37.0 Å². The first-order valence-electron chi connectivity index (χ1n) is 10.7. The summed E-state index contributed by atoms with van der Waals surface area (Å²) in [6.07, 6.45) is 3.41. The van der Waals surface area contributed by atoms with Gasteiger partial charge in [0.1, 0.15) is 5.76 Å². The fourth-order valence-electron chi connectivity index (χ4n) is 4.11. The number of hydrogen-bond donors (Lipinski definition) is 1. The predicted molar refractivity (Wildman–Crippen MR) is 115 cm³/mol. The van der Waals surface area contributed by atoms with Crippen LogP contribution < -0.4 is 5.32 Å². The maximum Gasteiger partial charge on any atom is 0.243 e. The average molecular weight is 448 g/mol. The monoisotopic (exact) mass is 447 g/mol. The molecule has 31 heavy (non-hydrogen) atoms. The quantitative estimate of drug-likeness (QED) is 0.587. The summed E-state index contributed by atoms with van der Waals surface area (Å²) in [6, 6.07) is 10.2. The van der Waals surface area contributed by atoms with E-state index in [0.29, 0.717) is 38.4 Å². The van der Waals surface area contributed by atoms with Crippen LogP contribution in [0.4, 0.5) is 0 Å². The molecule has 4 rings (SSSR count). The van der Waals surface area contributed by atoms with Gasteiger partial charge in [0.2, 0.25) is 10.0 Å². The number of morpholine rings is 1. The van der Waals surface area contributed by atoms with Gasteiger partial charge in [0.25, 0.3) is 0 Å². The third-order valence-corrected chi connectivity index (χ3v) is 7.73. The molecule has 2 fully saturated rings. The van der Waals surface area contributed by atoms with E-state index in [-0.39, 0.29) is 23.3 Å². The molecule has 0 bridgehead atoms. The summed E-state index contributed by atoms with van der Waals surface area (Å²) in [7, 11) is -3.54. The molecule has 0 amide bonds. The molecule has 0 aliphatic carbocycles. The summed E-state index contributed by atoms with van der Waals surface area (Å²) in [4.78, 5) is 15.2. The van der Waals surface area contributed by atoms with Crippen molar-refractivity contribution in [2.45, 2.75) is 23.8 Å². The molecule has 8 nitrogen and oxygen atoms in total. The van der Waals surface area contributed by atoms with Crippen LogP contribution in [0.25, 0.3) is 0 Å². The Morgan fingerprint density at radius 3 is 2.55 bits per heavy atom. The summed E-state index contributed by atoms with van der Waals surface area (Å²) in [5.74, 6) is 0.708. The molecule has 9 heteroatoms. The van der Waals surface area contributed by atoms with E-state index in [0.717, 1.165) is 31.7 Å². The Kier molecular flexibility index (Phi) is 7.19.